The van der Waals surface area contributed by atoms with Crippen LogP contribution in [0.4, 0.5) is 5.69 Å². The lowest BCUT2D eigenvalue weighted by molar-refractivity contribution is 0.647. The number of hydrogen-bond acceptors (Lipinski definition) is 2. The third-order valence-corrected chi connectivity index (χ3v) is 4.02. The maximum absolute atomic E-state index is 5.95. The second-order valence-electron chi connectivity index (χ2n) is 4.57. The molecule has 1 aromatic heterocycles. The van der Waals surface area contributed by atoms with Crippen LogP contribution in [-0.2, 0) is 6.54 Å². The predicted molar refractivity (Wildman–Crippen MR) is 70.9 cm³/mol. The van der Waals surface area contributed by atoms with Crippen LogP contribution in [0, 0.1) is 5.92 Å². The van der Waals surface area contributed by atoms with Crippen molar-refractivity contribution in [2.45, 2.75) is 24.3 Å². The van der Waals surface area contributed by atoms with Gasteiger partial charge >= 0.3 is 0 Å². The van der Waals surface area contributed by atoms with Crippen molar-refractivity contribution in [2.24, 2.45) is 5.92 Å². The van der Waals surface area contributed by atoms with E-state index in [0.29, 0.717) is 0 Å². The molecule has 3 heteroatoms. The van der Waals surface area contributed by atoms with E-state index in [1.807, 2.05) is 0 Å². The molecule has 3 rings (SSSR count). The van der Waals surface area contributed by atoms with E-state index in [0.717, 1.165) is 18.2 Å². The molecule has 1 aliphatic rings. The van der Waals surface area contributed by atoms with Crippen LogP contribution in [0.1, 0.15) is 12.8 Å². The SMILES string of the molecule is CSc1cc(N)cc2c1ccn2CC1CC1. The molecule has 2 aromatic rings. The highest BCUT2D eigenvalue weighted by Crippen LogP contribution is 2.34. The number of hydrogen-bond donors (Lipinski definition) is 1. The smallest absolute Gasteiger partial charge is 0.0512 e. The minimum Gasteiger partial charge on any atom is -0.399 e. The maximum atomic E-state index is 5.95. The van der Waals surface area contributed by atoms with Crippen molar-refractivity contribution in [2.75, 3.05) is 12.0 Å². The second kappa shape index (κ2) is 3.74. The van der Waals surface area contributed by atoms with Gasteiger partial charge in [0.2, 0.25) is 0 Å². The van der Waals surface area contributed by atoms with Crippen molar-refractivity contribution in [3.63, 3.8) is 0 Å². The fraction of sp³-hybridized carbons (Fsp3) is 0.385. The number of nitrogens with two attached hydrogens (primary N) is 1. The third kappa shape index (κ3) is 1.69. The summed E-state index contributed by atoms with van der Waals surface area (Å²) in [5, 5.41) is 1.34. The zero-order valence-electron chi connectivity index (χ0n) is 9.44. The van der Waals surface area contributed by atoms with E-state index in [9.17, 15) is 0 Å². The van der Waals surface area contributed by atoms with E-state index in [2.05, 4.69) is 35.2 Å². The highest BCUT2D eigenvalue weighted by molar-refractivity contribution is 7.98. The Morgan fingerprint density at radius 3 is 2.94 bits per heavy atom. The van der Waals surface area contributed by atoms with Gasteiger partial charge in [0.25, 0.3) is 0 Å². The van der Waals surface area contributed by atoms with Crippen molar-refractivity contribution in [1.29, 1.82) is 0 Å². The molecule has 1 aromatic carbocycles. The van der Waals surface area contributed by atoms with Gasteiger partial charge < -0.3 is 10.3 Å². The third-order valence-electron chi connectivity index (χ3n) is 3.24. The van der Waals surface area contributed by atoms with E-state index >= 15 is 0 Å². The van der Waals surface area contributed by atoms with Crippen molar-refractivity contribution in [3.05, 3.63) is 24.4 Å². The number of thioether (sulfide) groups is 1. The van der Waals surface area contributed by atoms with Crippen LogP contribution in [0.15, 0.2) is 29.3 Å². The van der Waals surface area contributed by atoms with Gasteiger partial charge in [-0.05, 0) is 43.2 Å². The molecule has 1 saturated carbocycles. The van der Waals surface area contributed by atoms with Gasteiger partial charge in [-0.15, -0.1) is 11.8 Å². The molecule has 0 unspecified atom stereocenters. The van der Waals surface area contributed by atoms with E-state index in [1.54, 1.807) is 11.8 Å². The summed E-state index contributed by atoms with van der Waals surface area (Å²) >= 11 is 1.77. The van der Waals surface area contributed by atoms with Crippen molar-refractivity contribution >= 4 is 28.4 Å². The molecule has 0 saturated heterocycles. The molecule has 84 valence electrons. The van der Waals surface area contributed by atoms with Gasteiger partial charge in [0, 0.05) is 28.7 Å². The summed E-state index contributed by atoms with van der Waals surface area (Å²) in [6.45, 7) is 1.15. The first-order chi connectivity index (χ1) is 7.78. The Hall–Kier alpha value is -1.09. The summed E-state index contributed by atoms with van der Waals surface area (Å²) in [5.74, 6) is 0.898. The highest BCUT2D eigenvalue weighted by atomic mass is 32.2. The summed E-state index contributed by atoms with van der Waals surface area (Å²) in [6, 6.07) is 6.37. The van der Waals surface area contributed by atoms with Gasteiger partial charge in [-0.3, -0.25) is 0 Å². The van der Waals surface area contributed by atoms with Gasteiger partial charge in [-0.2, -0.15) is 0 Å². The Morgan fingerprint density at radius 2 is 2.25 bits per heavy atom. The molecule has 1 fully saturated rings. The van der Waals surface area contributed by atoms with Gasteiger partial charge in [-0.25, -0.2) is 0 Å². The number of aromatic nitrogens is 1. The fourth-order valence-electron chi connectivity index (χ4n) is 2.19. The highest BCUT2D eigenvalue weighted by Gasteiger charge is 2.22. The minimum atomic E-state index is 0.868. The van der Waals surface area contributed by atoms with Crippen LogP contribution in [0.5, 0.6) is 0 Å². The number of benzene rings is 1. The number of nitrogens with zero attached hydrogens (tertiary/aromatic N) is 1. The predicted octanol–water partition coefficient (Wildman–Crippen LogP) is 3.36. The van der Waals surface area contributed by atoms with Crippen LogP contribution in [-0.4, -0.2) is 10.8 Å². The molecular weight excluding hydrogens is 216 g/mol. The number of fused-ring (bicyclic) bond motifs is 1. The Kier molecular flexibility index (Phi) is 2.36. The van der Waals surface area contributed by atoms with Gasteiger partial charge in [-0.1, -0.05) is 0 Å². The lowest BCUT2D eigenvalue weighted by Crippen LogP contribution is -1.98. The number of nitrogen functional groups attached to an aromatic ring is 1. The van der Waals surface area contributed by atoms with Gasteiger partial charge in [0.05, 0.1) is 5.52 Å². The molecule has 1 heterocycles. The normalized spacial score (nSPS) is 15.8. The molecule has 0 radical (unpaired) electrons. The summed E-state index contributed by atoms with van der Waals surface area (Å²) in [7, 11) is 0. The first-order valence-corrected chi connectivity index (χ1v) is 6.93. The van der Waals surface area contributed by atoms with E-state index < -0.39 is 0 Å². The standard InChI is InChI=1S/C13H16N2S/c1-16-13-7-10(14)6-12-11(13)4-5-15(12)8-9-2-3-9/h4-7,9H,2-3,8,14H2,1H3. The van der Waals surface area contributed by atoms with Crippen LogP contribution in [0.2, 0.25) is 0 Å². The zero-order chi connectivity index (χ0) is 11.1. The van der Waals surface area contributed by atoms with Crippen molar-refractivity contribution < 1.29 is 0 Å². The van der Waals surface area contributed by atoms with Crippen molar-refractivity contribution in [1.82, 2.24) is 4.57 Å². The molecule has 0 spiro atoms. The molecule has 16 heavy (non-hydrogen) atoms. The molecule has 1 aliphatic carbocycles. The first kappa shape index (κ1) is 10.1. The molecule has 2 N–H and O–H groups in total. The van der Waals surface area contributed by atoms with Gasteiger partial charge in [0.15, 0.2) is 0 Å². The molecule has 0 bridgehead atoms. The maximum Gasteiger partial charge on any atom is 0.0512 e. The summed E-state index contributed by atoms with van der Waals surface area (Å²) < 4.78 is 2.35. The molecule has 0 aliphatic heterocycles. The Morgan fingerprint density at radius 1 is 1.44 bits per heavy atom. The Balaban J connectivity index is 2.12. The second-order valence-corrected chi connectivity index (χ2v) is 5.42. The molecule has 2 nitrogen and oxygen atoms in total. The van der Waals surface area contributed by atoms with E-state index in [1.165, 1.54) is 28.6 Å². The quantitative estimate of drug-likeness (QED) is 0.650. The van der Waals surface area contributed by atoms with E-state index in [4.69, 9.17) is 5.73 Å². The summed E-state index contributed by atoms with van der Waals surface area (Å²) in [5.41, 5.74) is 8.10. The zero-order valence-corrected chi connectivity index (χ0v) is 10.3. The van der Waals surface area contributed by atoms with Gasteiger partial charge in [0.1, 0.15) is 0 Å². The Labute approximate surface area is 99.8 Å². The van der Waals surface area contributed by atoms with E-state index in [-0.39, 0.29) is 0 Å². The van der Waals surface area contributed by atoms with Crippen LogP contribution in [0.25, 0.3) is 10.9 Å². The number of rotatable bonds is 3. The number of anilines is 1. The summed E-state index contributed by atoms with van der Waals surface area (Å²) in [6.07, 6.45) is 7.07. The summed E-state index contributed by atoms with van der Waals surface area (Å²) in [4.78, 5) is 1.28. The average Bonchev–Trinajstić information content (AvgIpc) is 3.00. The molecule has 0 atom stereocenters. The van der Waals surface area contributed by atoms with Crippen molar-refractivity contribution in [3.8, 4) is 0 Å². The molecular formula is C13H16N2S. The first-order valence-electron chi connectivity index (χ1n) is 5.70. The fourth-order valence-corrected chi connectivity index (χ4v) is 2.84. The average molecular weight is 232 g/mol. The minimum absolute atomic E-state index is 0.868. The largest absolute Gasteiger partial charge is 0.399 e. The van der Waals surface area contributed by atoms with Crippen LogP contribution in [0.3, 0.4) is 0 Å². The monoisotopic (exact) mass is 232 g/mol. The van der Waals surface area contributed by atoms with Crippen LogP contribution < -0.4 is 5.73 Å². The topological polar surface area (TPSA) is 30.9 Å². The Bertz CT molecular complexity index is 526. The molecule has 0 amide bonds. The lowest BCUT2D eigenvalue weighted by atomic mass is 10.2. The van der Waals surface area contributed by atoms with Crippen LogP contribution >= 0.6 is 11.8 Å². The lowest BCUT2D eigenvalue weighted by Gasteiger charge is -2.06.